The summed E-state index contributed by atoms with van der Waals surface area (Å²) in [6, 6.07) is 4.83. The number of anilines is 2. The summed E-state index contributed by atoms with van der Waals surface area (Å²) in [5.41, 5.74) is 7.81. The lowest BCUT2D eigenvalue weighted by Crippen LogP contribution is -2.10. The minimum absolute atomic E-state index is 0.190. The highest BCUT2D eigenvalue weighted by atomic mass is 32.1. The average Bonchev–Trinajstić information content (AvgIpc) is 2.77. The van der Waals surface area contributed by atoms with Crippen molar-refractivity contribution in [3.05, 3.63) is 39.8 Å². The first-order valence-electron chi connectivity index (χ1n) is 5.84. The standard InChI is InChI=1S/C13H15N3O2S/c1-8-7-19-12(16-8)4-5-15-11-3-2-9(14)6-10(11)13(17)18/h2-3,6-7,15H,4-5,14H2,1H3,(H,17,18). The number of benzene rings is 1. The lowest BCUT2D eigenvalue weighted by molar-refractivity contribution is 0.0698. The number of nitrogen functional groups attached to an aromatic ring is 1. The van der Waals surface area contributed by atoms with Crippen molar-refractivity contribution >= 4 is 28.7 Å². The van der Waals surface area contributed by atoms with Crippen molar-refractivity contribution in [2.75, 3.05) is 17.6 Å². The zero-order valence-electron chi connectivity index (χ0n) is 10.5. The molecule has 0 radical (unpaired) electrons. The molecule has 0 fully saturated rings. The fraction of sp³-hybridized carbons (Fsp3) is 0.231. The summed E-state index contributed by atoms with van der Waals surface area (Å²) >= 11 is 1.61. The van der Waals surface area contributed by atoms with Crippen LogP contribution in [0.4, 0.5) is 11.4 Å². The van der Waals surface area contributed by atoms with E-state index in [0.717, 1.165) is 17.1 Å². The molecule has 1 heterocycles. The van der Waals surface area contributed by atoms with E-state index in [9.17, 15) is 4.79 Å². The van der Waals surface area contributed by atoms with Gasteiger partial charge in [-0.2, -0.15) is 0 Å². The van der Waals surface area contributed by atoms with Crippen LogP contribution in [-0.2, 0) is 6.42 Å². The maximum Gasteiger partial charge on any atom is 0.337 e. The molecule has 5 nitrogen and oxygen atoms in total. The number of aromatic nitrogens is 1. The number of nitrogens with one attached hydrogen (secondary N) is 1. The number of aryl methyl sites for hydroxylation is 1. The second kappa shape index (κ2) is 5.71. The number of hydrogen-bond donors (Lipinski definition) is 3. The van der Waals surface area contributed by atoms with Gasteiger partial charge in [-0.05, 0) is 25.1 Å². The normalized spacial score (nSPS) is 10.4. The minimum atomic E-state index is -0.986. The third kappa shape index (κ3) is 3.45. The average molecular weight is 277 g/mol. The van der Waals surface area contributed by atoms with E-state index in [2.05, 4.69) is 10.3 Å². The molecule has 6 heteroatoms. The van der Waals surface area contributed by atoms with Crippen LogP contribution >= 0.6 is 11.3 Å². The molecule has 0 bridgehead atoms. The highest BCUT2D eigenvalue weighted by molar-refractivity contribution is 7.09. The fourth-order valence-corrected chi connectivity index (χ4v) is 2.49. The van der Waals surface area contributed by atoms with Gasteiger partial charge >= 0.3 is 5.97 Å². The van der Waals surface area contributed by atoms with Crippen LogP contribution in [0.25, 0.3) is 0 Å². The molecule has 0 aliphatic carbocycles. The van der Waals surface area contributed by atoms with Gasteiger partial charge in [-0.3, -0.25) is 0 Å². The summed E-state index contributed by atoms with van der Waals surface area (Å²) in [7, 11) is 0. The van der Waals surface area contributed by atoms with Gasteiger partial charge in [0, 0.05) is 35.4 Å². The van der Waals surface area contributed by atoms with Crippen molar-refractivity contribution in [1.82, 2.24) is 4.98 Å². The Kier molecular flexibility index (Phi) is 4.01. The van der Waals surface area contributed by atoms with Crippen LogP contribution in [0.2, 0.25) is 0 Å². The number of thiazole rings is 1. The highest BCUT2D eigenvalue weighted by Crippen LogP contribution is 2.19. The molecule has 0 aliphatic rings. The molecule has 4 N–H and O–H groups in total. The van der Waals surface area contributed by atoms with E-state index >= 15 is 0 Å². The first kappa shape index (κ1) is 13.4. The Morgan fingerprint density at radius 1 is 1.53 bits per heavy atom. The van der Waals surface area contributed by atoms with Crippen LogP contribution in [0.5, 0.6) is 0 Å². The Balaban J connectivity index is 2.01. The van der Waals surface area contributed by atoms with E-state index in [1.54, 1.807) is 23.5 Å². The van der Waals surface area contributed by atoms with Crippen molar-refractivity contribution in [1.29, 1.82) is 0 Å². The molecule has 100 valence electrons. The van der Waals surface area contributed by atoms with Gasteiger partial charge < -0.3 is 16.2 Å². The number of carbonyl (C=O) groups is 1. The van der Waals surface area contributed by atoms with Crippen LogP contribution in [0.1, 0.15) is 21.1 Å². The van der Waals surface area contributed by atoms with Crippen LogP contribution in [0.15, 0.2) is 23.6 Å². The van der Waals surface area contributed by atoms with Gasteiger partial charge in [0.1, 0.15) is 0 Å². The maximum atomic E-state index is 11.1. The van der Waals surface area contributed by atoms with Crippen molar-refractivity contribution < 1.29 is 9.90 Å². The smallest absolute Gasteiger partial charge is 0.337 e. The highest BCUT2D eigenvalue weighted by Gasteiger charge is 2.10. The number of nitrogens with two attached hydrogens (primary N) is 1. The zero-order chi connectivity index (χ0) is 13.8. The molecule has 19 heavy (non-hydrogen) atoms. The monoisotopic (exact) mass is 277 g/mol. The number of carboxylic acids is 1. The van der Waals surface area contributed by atoms with Gasteiger partial charge in [-0.25, -0.2) is 9.78 Å². The number of carboxylic acid groups (broad SMARTS) is 1. The summed E-state index contributed by atoms with van der Waals surface area (Å²) in [5, 5.41) is 15.3. The molecule has 0 saturated carbocycles. The van der Waals surface area contributed by atoms with Crippen molar-refractivity contribution in [2.45, 2.75) is 13.3 Å². The van der Waals surface area contributed by atoms with Crippen LogP contribution < -0.4 is 11.1 Å². The molecule has 1 aromatic heterocycles. The van der Waals surface area contributed by atoms with E-state index in [1.165, 1.54) is 6.07 Å². The fourth-order valence-electron chi connectivity index (χ4n) is 1.71. The van der Waals surface area contributed by atoms with Gasteiger partial charge in [-0.1, -0.05) is 0 Å². The van der Waals surface area contributed by atoms with Crippen molar-refractivity contribution in [3.63, 3.8) is 0 Å². The quantitative estimate of drug-likeness (QED) is 0.730. The summed E-state index contributed by atoms with van der Waals surface area (Å²) in [4.78, 5) is 15.5. The van der Waals surface area contributed by atoms with Crippen molar-refractivity contribution in [2.24, 2.45) is 0 Å². The van der Waals surface area contributed by atoms with Gasteiger partial charge in [0.2, 0.25) is 0 Å². The van der Waals surface area contributed by atoms with Gasteiger partial charge in [0.05, 0.1) is 10.6 Å². The van der Waals surface area contributed by atoms with Crippen LogP contribution in [0.3, 0.4) is 0 Å². The molecule has 0 aliphatic heterocycles. The molecule has 1 aromatic carbocycles. The summed E-state index contributed by atoms with van der Waals surface area (Å²) in [6.45, 7) is 2.59. The molecule has 0 atom stereocenters. The number of nitrogens with zero attached hydrogens (tertiary/aromatic N) is 1. The van der Waals surface area contributed by atoms with E-state index in [0.29, 0.717) is 17.9 Å². The Bertz CT molecular complexity index is 595. The number of hydrogen-bond acceptors (Lipinski definition) is 5. The largest absolute Gasteiger partial charge is 0.478 e. The number of aromatic carboxylic acids is 1. The second-order valence-corrected chi connectivity index (χ2v) is 5.11. The van der Waals surface area contributed by atoms with Crippen LogP contribution in [-0.4, -0.2) is 22.6 Å². The molecule has 2 aromatic rings. The molecule has 0 spiro atoms. The van der Waals surface area contributed by atoms with E-state index < -0.39 is 5.97 Å². The first-order valence-corrected chi connectivity index (χ1v) is 6.72. The van der Waals surface area contributed by atoms with Crippen molar-refractivity contribution in [3.8, 4) is 0 Å². The summed E-state index contributed by atoms with van der Waals surface area (Å²) < 4.78 is 0. The lowest BCUT2D eigenvalue weighted by Gasteiger charge is -2.09. The van der Waals surface area contributed by atoms with Gasteiger partial charge in [0.15, 0.2) is 0 Å². The lowest BCUT2D eigenvalue weighted by atomic mass is 10.1. The van der Waals surface area contributed by atoms with Crippen LogP contribution in [0, 0.1) is 6.92 Å². The molecular formula is C13H15N3O2S. The minimum Gasteiger partial charge on any atom is -0.478 e. The Hall–Kier alpha value is -2.08. The maximum absolute atomic E-state index is 11.1. The second-order valence-electron chi connectivity index (χ2n) is 4.17. The van der Waals surface area contributed by atoms with E-state index in [4.69, 9.17) is 10.8 Å². The van der Waals surface area contributed by atoms with Gasteiger partial charge in [0.25, 0.3) is 0 Å². The zero-order valence-corrected chi connectivity index (χ0v) is 11.3. The Labute approximate surface area is 115 Å². The topological polar surface area (TPSA) is 88.2 Å². The molecule has 0 unspecified atom stereocenters. The SMILES string of the molecule is Cc1csc(CCNc2ccc(N)cc2C(=O)O)n1. The van der Waals surface area contributed by atoms with E-state index in [-0.39, 0.29) is 5.56 Å². The first-order chi connectivity index (χ1) is 9.06. The Morgan fingerprint density at radius 3 is 2.95 bits per heavy atom. The summed E-state index contributed by atoms with van der Waals surface area (Å²) in [5.74, 6) is -0.986. The molecule has 0 amide bonds. The molecular weight excluding hydrogens is 262 g/mol. The number of rotatable bonds is 5. The van der Waals surface area contributed by atoms with Gasteiger partial charge in [-0.15, -0.1) is 11.3 Å². The molecule has 0 saturated heterocycles. The third-order valence-corrected chi connectivity index (χ3v) is 3.62. The molecule has 2 rings (SSSR count). The van der Waals surface area contributed by atoms with E-state index in [1.807, 2.05) is 12.3 Å². The third-order valence-electron chi connectivity index (χ3n) is 2.59. The predicted octanol–water partition coefficient (Wildman–Crippen LogP) is 2.39. The predicted molar refractivity (Wildman–Crippen MR) is 76.9 cm³/mol. The summed E-state index contributed by atoms with van der Waals surface area (Å²) in [6.07, 6.45) is 0.766. The Morgan fingerprint density at radius 2 is 2.32 bits per heavy atom.